The Hall–Kier alpha value is -2.42. The highest BCUT2D eigenvalue weighted by Crippen LogP contribution is 2.28. The van der Waals surface area contributed by atoms with Gasteiger partial charge in [0.05, 0.1) is 4.90 Å². The molecule has 0 aromatic heterocycles. The quantitative estimate of drug-likeness (QED) is 0.758. The minimum atomic E-state index is -3.57. The number of benzene rings is 2. The number of hydrogen-bond acceptors (Lipinski definition) is 4. The molecule has 2 saturated heterocycles. The van der Waals surface area contributed by atoms with Gasteiger partial charge in [0, 0.05) is 36.8 Å². The number of halogens is 1. The van der Waals surface area contributed by atoms with E-state index in [-0.39, 0.29) is 16.7 Å². The standard InChI is InChI=1S/C22H24ClN3O4S/c23-18-6-4-5-17(15-18)20-21(27)24-11-14-26(20)22(28)16-7-9-19(10-8-16)31(29,30)25-12-2-1-3-13-25/h4-10,15,20H,1-3,11-14H2,(H,24,27). The van der Waals surface area contributed by atoms with E-state index in [0.29, 0.717) is 42.3 Å². The van der Waals surface area contributed by atoms with Crippen LogP contribution in [0.25, 0.3) is 0 Å². The van der Waals surface area contributed by atoms with Crippen LogP contribution in [0, 0.1) is 0 Å². The molecule has 0 spiro atoms. The number of rotatable bonds is 4. The van der Waals surface area contributed by atoms with Gasteiger partial charge in [-0.05, 0) is 54.8 Å². The summed E-state index contributed by atoms with van der Waals surface area (Å²) < 4.78 is 27.2. The van der Waals surface area contributed by atoms with Crippen LogP contribution in [-0.2, 0) is 14.8 Å². The Morgan fingerprint density at radius 2 is 1.71 bits per heavy atom. The number of sulfonamides is 1. The number of nitrogens with one attached hydrogen (secondary N) is 1. The first-order chi connectivity index (χ1) is 14.9. The highest BCUT2D eigenvalue weighted by Gasteiger charge is 2.35. The topological polar surface area (TPSA) is 86.8 Å². The molecular weight excluding hydrogens is 438 g/mol. The van der Waals surface area contributed by atoms with Crippen LogP contribution in [0.15, 0.2) is 53.4 Å². The van der Waals surface area contributed by atoms with Crippen molar-refractivity contribution in [1.29, 1.82) is 0 Å². The third-order valence-corrected chi connectivity index (χ3v) is 7.84. The Morgan fingerprint density at radius 1 is 1.00 bits per heavy atom. The summed E-state index contributed by atoms with van der Waals surface area (Å²) in [7, 11) is -3.57. The highest BCUT2D eigenvalue weighted by atomic mass is 35.5. The zero-order chi connectivity index (χ0) is 22.0. The Balaban J connectivity index is 1.58. The molecule has 0 bridgehead atoms. The molecule has 2 aromatic rings. The lowest BCUT2D eigenvalue weighted by atomic mass is 10.0. The molecule has 2 aromatic carbocycles. The average Bonchev–Trinajstić information content (AvgIpc) is 2.79. The lowest BCUT2D eigenvalue weighted by molar-refractivity contribution is -0.128. The summed E-state index contributed by atoms with van der Waals surface area (Å²) in [5.74, 6) is -0.604. The molecule has 164 valence electrons. The Labute approximate surface area is 187 Å². The molecule has 2 heterocycles. The minimum Gasteiger partial charge on any atom is -0.352 e. The lowest BCUT2D eigenvalue weighted by Crippen LogP contribution is -2.52. The molecule has 2 amide bonds. The molecule has 2 fully saturated rings. The van der Waals surface area contributed by atoms with E-state index in [9.17, 15) is 18.0 Å². The molecule has 1 unspecified atom stereocenters. The van der Waals surface area contributed by atoms with Crippen LogP contribution in [0.4, 0.5) is 0 Å². The molecule has 0 aliphatic carbocycles. The van der Waals surface area contributed by atoms with Crippen molar-refractivity contribution in [3.05, 3.63) is 64.7 Å². The first-order valence-electron chi connectivity index (χ1n) is 10.3. The largest absolute Gasteiger partial charge is 0.352 e. The van der Waals surface area contributed by atoms with Gasteiger partial charge in [-0.25, -0.2) is 8.42 Å². The maximum atomic E-state index is 13.2. The van der Waals surface area contributed by atoms with Crippen LogP contribution >= 0.6 is 11.6 Å². The lowest BCUT2D eigenvalue weighted by Gasteiger charge is -2.35. The van der Waals surface area contributed by atoms with Gasteiger partial charge in [0.15, 0.2) is 0 Å². The SMILES string of the molecule is O=C1NCCN(C(=O)c2ccc(S(=O)(=O)N3CCCCC3)cc2)C1c1cccc(Cl)c1. The van der Waals surface area contributed by atoms with Gasteiger partial charge in [0.2, 0.25) is 15.9 Å². The molecule has 0 saturated carbocycles. The third kappa shape index (κ3) is 4.46. The fourth-order valence-electron chi connectivity index (χ4n) is 4.08. The Morgan fingerprint density at radius 3 is 2.39 bits per heavy atom. The van der Waals surface area contributed by atoms with Gasteiger partial charge in [-0.15, -0.1) is 0 Å². The van der Waals surface area contributed by atoms with E-state index in [2.05, 4.69) is 5.32 Å². The normalized spacial score (nSPS) is 20.4. The summed E-state index contributed by atoms with van der Waals surface area (Å²) in [6.07, 6.45) is 2.76. The number of piperazine rings is 1. The monoisotopic (exact) mass is 461 g/mol. The van der Waals surface area contributed by atoms with Crippen LogP contribution in [-0.4, -0.2) is 55.6 Å². The van der Waals surface area contributed by atoms with Gasteiger partial charge in [-0.2, -0.15) is 4.31 Å². The van der Waals surface area contributed by atoms with Crippen molar-refractivity contribution in [3.8, 4) is 0 Å². The molecular formula is C22H24ClN3O4S. The van der Waals surface area contributed by atoms with Crippen molar-refractivity contribution in [2.75, 3.05) is 26.2 Å². The molecule has 1 atom stereocenters. The first kappa shape index (κ1) is 21.8. The molecule has 31 heavy (non-hydrogen) atoms. The van der Waals surface area contributed by atoms with Crippen molar-refractivity contribution in [3.63, 3.8) is 0 Å². The summed E-state index contributed by atoms with van der Waals surface area (Å²) >= 11 is 6.08. The number of carbonyl (C=O) groups is 2. The summed E-state index contributed by atoms with van der Waals surface area (Å²) in [5, 5.41) is 3.27. The van der Waals surface area contributed by atoms with Crippen molar-refractivity contribution in [1.82, 2.24) is 14.5 Å². The first-order valence-corrected chi connectivity index (χ1v) is 12.1. The summed E-state index contributed by atoms with van der Waals surface area (Å²) in [5.41, 5.74) is 0.960. The second-order valence-corrected chi connectivity index (χ2v) is 10.1. The van der Waals surface area contributed by atoms with Crippen LogP contribution in [0.1, 0.15) is 41.2 Å². The smallest absolute Gasteiger partial charge is 0.254 e. The predicted molar refractivity (Wildman–Crippen MR) is 117 cm³/mol. The molecule has 1 N–H and O–H groups in total. The van der Waals surface area contributed by atoms with Crippen molar-refractivity contribution >= 4 is 33.4 Å². The number of amides is 2. The van der Waals surface area contributed by atoms with E-state index in [1.54, 1.807) is 24.3 Å². The van der Waals surface area contributed by atoms with E-state index in [4.69, 9.17) is 11.6 Å². The highest BCUT2D eigenvalue weighted by molar-refractivity contribution is 7.89. The minimum absolute atomic E-state index is 0.175. The fraction of sp³-hybridized carbons (Fsp3) is 0.364. The van der Waals surface area contributed by atoms with E-state index in [1.165, 1.54) is 33.5 Å². The molecule has 2 aliphatic rings. The summed E-state index contributed by atoms with van der Waals surface area (Å²) in [4.78, 5) is 27.5. The van der Waals surface area contributed by atoms with Crippen molar-refractivity contribution < 1.29 is 18.0 Å². The maximum absolute atomic E-state index is 13.2. The number of hydrogen-bond donors (Lipinski definition) is 1. The van der Waals surface area contributed by atoms with E-state index in [1.807, 2.05) is 0 Å². The average molecular weight is 462 g/mol. The molecule has 7 nitrogen and oxygen atoms in total. The molecule has 9 heteroatoms. The van der Waals surface area contributed by atoms with Crippen LogP contribution in [0.3, 0.4) is 0 Å². The van der Waals surface area contributed by atoms with Gasteiger partial charge in [-0.1, -0.05) is 30.2 Å². The van der Waals surface area contributed by atoms with Gasteiger partial charge in [0.25, 0.3) is 5.91 Å². The molecule has 0 radical (unpaired) electrons. The molecule has 2 aliphatic heterocycles. The van der Waals surface area contributed by atoms with E-state index < -0.39 is 16.1 Å². The van der Waals surface area contributed by atoms with Gasteiger partial charge >= 0.3 is 0 Å². The second kappa shape index (κ2) is 8.98. The van der Waals surface area contributed by atoms with Crippen LogP contribution in [0.5, 0.6) is 0 Å². The van der Waals surface area contributed by atoms with Gasteiger partial charge in [0.1, 0.15) is 6.04 Å². The van der Waals surface area contributed by atoms with E-state index in [0.717, 1.165) is 19.3 Å². The van der Waals surface area contributed by atoms with Crippen molar-refractivity contribution in [2.24, 2.45) is 0 Å². The molecule has 4 rings (SSSR count). The van der Waals surface area contributed by atoms with Crippen LogP contribution < -0.4 is 5.32 Å². The van der Waals surface area contributed by atoms with E-state index >= 15 is 0 Å². The predicted octanol–water partition coefficient (Wildman–Crippen LogP) is 2.83. The third-order valence-electron chi connectivity index (χ3n) is 5.69. The van der Waals surface area contributed by atoms with Crippen LogP contribution in [0.2, 0.25) is 5.02 Å². The van der Waals surface area contributed by atoms with Gasteiger partial charge < -0.3 is 10.2 Å². The Bertz CT molecular complexity index is 1080. The van der Waals surface area contributed by atoms with Crippen molar-refractivity contribution in [2.45, 2.75) is 30.2 Å². The maximum Gasteiger partial charge on any atom is 0.254 e. The fourth-order valence-corrected chi connectivity index (χ4v) is 5.80. The summed E-state index contributed by atoms with van der Waals surface area (Å²) in [6.45, 7) is 1.74. The Kier molecular flexibility index (Phi) is 6.31. The summed E-state index contributed by atoms with van der Waals surface area (Å²) in [6, 6.07) is 12.0. The number of carbonyl (C=O) groups excluding carboxylic acids is 2. The number of nitrogens with zero attached hydrogens (tertiary/aromatic N) is 2. The zero-order valence-electron chi connectivity index (χ0n) is 17.0. The number of piperidine rings is 1. The zero-order valence-corrected chi connectivity index (χ0v) is 18.5. The second-order valence-electron chi connectivity index (χ2n) is 7.74. The van der Waals surface area contributed by atoms with Gasteiger partial charge in [-0.3, -0.25) is 9.59 Å².